The predicted octanol–water partition coefficient (Wildman–Crippen LogP) is 24.6. The molecule has 0 aromatic rings. The van der Waals surface area contributed by atoms with Crippen molar-refractivity contribution in [3.8, 4) is 0 Å². The van der Waals surface area contributed by atoms with Gasteiger partial charge in [0.25, 0.3) is 0 Å². The zero-order valence-electron chi connectivity index (χ0n) is 86.2. The van der Waals surface area contributed by atoms with E-state index < -0.39 is 29.4 Å². The fourth-order valence-corrected chi connectivity index (χ4v) is 16.2. The summed E-state index contributed by atoms with van der Waals surface area (Å²) in [4.78, 5) is 129. The Morgan fingerprint density at radius 3 is 0.738 bits per heavy atom. The third-order valence-electron chi connectivity index (χ3n) is 24.6. The lowest BCUT2D eigenvalue weighted by atomic mass is 9.87. The summed E-state index contributed by atoms with van der Waals surface area (Å²) in [6, 6.07) is 0. The zero-order chi connectivity index (χ0) is 96.5. The van der Waals surface area contributed by atoms with E-state index in [1.165, 1.54) is 218 Å². The van der Waals surface area contributed by atoms with Crippen molar-refractivity contribution >= 4 is 59.7 Å². The molecule has 0 aliphatic heterocycles. The van der Waals surface area contributed by atoms with Crippen molar-refractivity contribution in [2.75, 3.05) is 98.4 Å². The number of alkyl carbamates (subject to hydrolysis) is 2. The Bertz CT molecular complexity index is 2600. The molecule has 0 atom stereocenters. The molecule has 0 bridgehead atoms. The van der Waals surface area contributed by atoms with Crippen molar-refractivity contribution in [3.63, 3.8) is 0 Å². The molecule has 7 N–H and O–H groups in total. The van der Waals surface area contributed by atoms with E-state index in [0.717, 1.165) is 116 Å². The molecular formula is C106H204N8O16. The smallest absolute Gasteiger partial charge is 0.407 e. The molecule has 0 rings (SSSR count). The summed E-state index contributed by atoms with van der Waals surface area (Å²) in [5.74, 6) is 0.529. The summed E-state index contributed by atoms with van der Waals surface area (Å²) in [5, 5.41) is 26.4. The molecule has 0 radical (unpaired) electrons. The summed E-state index contributed by atoms with van der Waals surface area (Å²) in [6.45, 7) is 34.2. The molecule has 0 aromatic heterocycles. The third-order valence-corrected chi connectivity index (χ3v) is 24.6. The van der Waals surface area contributed by atoms with E-state index in [-0.39, 0.29) is 73.6 Å². The Hall–Kier alpha value is -5.78. The van der Waals surface area contributed by atoms with Gasteiger partial charge in [0.1, 0.15) is 11.2 Å². The second-order valence-electron chi connectivity index (χ2n) is 39.1. The highest BCUT2D eigenvalue weighted by molar-refractivity contribution is 5.78. The van der Waals surface area contributed by atoms with Gasteiger partial charge in [0, 0.05) is 130 Å². The fraction of sp³-hybridized carbons (Fsp3) is 0.906. The van der Waals surface area contributed by atoms with Gasteiger partial charge >= 0.3 is 36.1 Å². The van der Waals surface area contributed by atoms with Crippen LogP contribution < -0.4 is 31.9 Å². The maximum Gasteiger partial charge on any atom is 0.407 e. The summed E-state index contributed by atoms with van der Waals surface area (Å²) < 4.78 is 28.4. The summed E-state index contributed by atoms with van der Waals surface area (Å²) in [6.07, 6.45) is 61.4. The lowest BCUT2D eigenvalue weighted by Gasteiger charge is -2.28. The molecule has 0 spiro atoms. The number of ether oxygens (including phenoxy) is 5. The van der Waals surface area contributed by atoms with Crippen LogP contribution in [-0.4, -0.2) is 184 Å². The van der Waals surface area contributed by atoms with Crippen LogP contribution in [0.1, 0.15) is 488 Å². The van der Waals surface area contributed by atoms with Crippen molar-refractivity contribution < 1.29 is 76.7 Å². The van der Waals surface area contributed by atoms with E-state index in [0.29, 0.717) is 154 Å². The molecule has 0 aromatic carbocycles. The van der Waals surface area contributed by atoms with E-state index in [4.69, 9.17) is 28.8 Å². The number of amides is 6. The molecule has 24 nitrogen and oxygen atoms in total. The van der Waals surface area contributed by atoms with E-state index >= 15 is 0 Å². The molecular weight excluding hydrogens is 1640 g/mol. The molecule has 0 aliphatic carbocycles. The number of carboxylic acid groups (broad SMARTS) is 1. The average Bonchev–Trinajstić information content (AvgIpc) is 0.896. The van der Waals surface area contributed by atoms with Gasteiger partial charge in [0.2, 0.25) is 23.6 Å². The fourth-order valence-electron chi connectivity index (χ4n) is 16.2. The first-order valence-electron chi connectivity index (χ1n) is 53.8. The minimum Gasteiger partial charge on any atom is -0.481 e. The Morgan fingerprint density at radius 1 is 0.254 bits per heavy atom. The van der Waals surface area contributed by atoms with Gasteiger partial charge < -0.3 is 70.5 Å². The number of carbonyl (C=O) groups is 10. The second-order valence-corrected chi connectivity index (χ2v) is 39.1. The minimum atomic E-state index is -0.812. The Morgan fingerprint density at radius 2 is 0.492 bits per heavy atom. The second kappa shape index (κ2) is 91.0. The molecule has 0 fully saturated rings. The van der Waals surface area contributed by atoms with Crippen LogP contribution in [0.2, 0.25) is 0 Å². The van der Waals surface area contributed by atoms with Gasteiger partial charge in [-0.1, -0.05) is 299 Å². The Labute approximate surface area is 795 Å². The van der Waals surface area contributed by atoms with Crippen LogP contribution in [0.3, 0.4) is 0 Å². The van der Waals surface area contributed by atoms with Gasteiger partial charge in [-0.2, -0.15) is 0 Å². The van der Waals surface area contributed by atoms with E-state index in [1.807, 2.05) is 44.4 Å². The molecule has 0 unspecified atom stereocenters. The van der Waals surface area contributed by atoms with Gasteiger partial charge in [0.05, 0.1) is 19.8 Å². The number of hydrogen-bond donors (Lipinski definition) is 7. The van der Waals surface area contributed by atoms with Crippen LogP contribution in [0.25, 0.3) is 0 Å². The highest BCUT2D eigenvalue weighted by Crippen LogP contribution is 2.29. The highest BCUT2D eigenvalue weighted by Gasteiger charge is 2.26. The quantitative estimate of drug-likeness (QED) is 0.0169. The van der Waals surface area contributed by atoms with Crippen molar-refractivity contribution in [2.45, 2.75) is 499 Å². The normalized spacial score (nSPS) is 11.6. The SMILES string of the molecule is CCCCCCC(CCCCCC)CCC(C)(C)OC(=O)NCCN(CCC(=O)NCCCCCC(=O)O)CCC(=O)NCCCCCC(=O)OCC(CCCCCC)CCCCCC.CCCCCCC(CCCCCC)COC(=O)CCCCCNC(=O)CCN(CCNC(=O)OC(C)(C)C)CCC(=O)NCCCCCC(=O)OCC(CCCCCC)CCCCCC. The maximum atomic E-state index is 13.0. The first-order chi connectivity index (χ1) is 62.7. The molecule has 0 aliphatic rings. The number of carbonyl (C=O) groups excluding carboxylic acids is 9. The standard InChI is InChI=1S/2C53H102N4O8/c1-8-12-16-22-30-46(31-23-17-13-9-2)44-63-50(60)34-26-20-28-38-54-48(58)36-41-57(43-40-56-52(62)65-53(5,6)7)42-37-49(59)55-39-29-21-27-35-51(61)64-45-47(32-24-18-14-10-3)33-25-19-15-11-4;1-7-11-15-21-29-46(30-22-16-12-8-2)35-38-53(5,6)65-52(63)56-41-44-57(42-36-48(58)54-39-27-19-25-33-50(60)61)43-37-49(59)55-40-28-20-26-34-51(62)64-45-47(31-23-17-13-9-3)32-24-18-14-10-4/h46-47H,8-45H2,1-7H3,(H,54,58)(H,55,59)(H,56,62);46-47H,7-45H2,1-6H3,(H,54,58)(H,55,59)(H,56,63)(H,60,61). The van der Waals surface area contributed by atoms with Crippen molar-refractivity contribution in [3.05, 3.63) is 0 Å². The molecule has 130 heavy (non-hydrogen) atoms. The minimum absolute atomic E-state index is 0.0728. The lowest BCUT2D eigenvalue weighted by molar-refractivity contribution is -0.146. The van der Waals surface area contributed by atoms with Crippen molar-refractivity contribution in [1.82, 2.24) is 41.7 Å². The van der Waals surface area contributed by atoms with Gasteiger partial charge in [-0.05, 0) is 161 Å². The van der Waals surface area contributed by atoms with Gasteiger partial charge in [0.15, 0.2) is 0 Å². The van der Waals surface area contributed by atoms with Crippen LogP contribution in [0.4, 0.5) is 9.59 Å². The lowest BCUT2D eigenvalue weighted by Crippen LogP contribution is -2.41. The van der Waals surface area contributed by atoms with Crippen LogP contribution in [-0.2, 0) is 62.0 Å². The summed E-state index contributed by atoms with van der Waals surface area (Å²) in [5.41, 5.74) is -1.20. The topological polar surface area (TPSA) is 316 Å². The van der Waals surface area contributed by atoms with Crippen LogP contribution in [0, 0.1) is 23.7 Å². The van der Waals surface area contributed by atoms with E-state index in [9.17, 15) is 47.9 Å². The van der Waals surface area contributed by atoms with Crippen LogP contribution >= 0.6 is 0 Å². The molecule has 0 saturated heterocycles. The highest BCUT2D eigenvalue weighted by atomic mass is 16.6. The van der Waals surface area contributed by atoms with Crippen LogP contribution in [0.15, 0.2) is 0 Å². The van der Waals surface area contributed by atoms with Crippen LogP contribution in [0.5, 0.6) is 0 Å². The maximum absolute atomic E-state index is 13.0. The number of unbranched alkanes of at least 4 members (excludes halogenated alkanes) is 32. The molecule has 24 heteroatoms. The van der Waals surface area contributed by atoms with Crippen molar-refractivity contribution in [2.24, 2.45) is 23.7 Å². The van der Waals surface area contributed by atoms with E-state index in [2.05, 4.69) is 87.3 Å². The van der Waals surface area contributed by atoms with Crippen molar-refractivity contribution in [1.29, 1.82) is 0 Å². The monoisotopic (exact) mass is 1850 g/mol. The number of rotatable bonds is 92. The number of nitrogens with one attached hydrogen (secondary N) is 6. The van der Waals surface area contributed by atoms with Gasteiger partial charge in [-0.25, -0.2) is 9.59 Å². The molecule has 764 valence electrons. The number of aliphatic carboxylic acids is 1. The molecule has 0 heterocycles. The number of hydrogen-bond acceptors (Lipinski definition) is 17. The summed E-state index contributed by atoms with van der Waals surface area (Å²) >= 11 is 0. The van der Waals surface area contributed by atoms with Gasteiger partial charge in [-0.15, -0.1) is 0 Å². The average molecular weight is 1850 g/mol. The summed E-state index contributed by atoms with van der Waals surface area (Å²) in [7, 11) is 0. The Kier molecular flexibility index (Phi) is 88.4. The molecule has 6 amide bonds. The Balaban J connectivity index is 0. The number of esters is 3. The van der Waals surface area contributed by atoms with Gasteiger partial charge in [-0.3, -0.25) is 38.4 Å². The predicted molar refractivity (Wildman–Crippen MR) is 534 cm³/mol. The largest absolute Gasteiger partial charge is 0.481 e. The number of nitrogens with zero attached hydrogens (tertiary/aromatic N) is 2. The molecule has 0 saturated carbocycles. The number of carboxylic acids is 1. The third kappa shape index (κ3) is 90.1. The van der Waals surface area contributed by atoms with E-state index in [1.54, 1.807) is 0 Å². The first-order valence-corrected chi connectivity index (χ1v) is 53.8. The zero-order valence-corrected chi connectivity index (χ0v) is 86.2. The first kappa shape index (κ1) is 126.